The van der Waals surface area contributed by atoms with Crippen LogP contribution < -0.4 is 0 Å². The molecule has 0 radical (unpaired) electrons. The normalized spacial score (nSPS) is 33.8. The maximum absolute atomic E-state index is 12.3. The second-order valence-electron chi connectivity index (χ2n) is 6.99. The number of cyclic esters (lactones) is 1. The summed E-state index contributed by atoms with van der Waals surface area (Å²) in [5, 5.41) is 0. The molecule has 132 valence electrons. The van der Waals surface area contributed by atoms with Gasteiger partial charge in [0.05, 0.1) is 25.2 Å². The molecule has 0 amide bonds. The summed E-state index contributed by atoms with van der Waals surface area (Å²) in [5.41, 5.74) is 1.14. The van der Waals surface area contributed by atoms with Crippen molar-refractivity contribution in [1.29, 1.82) is 0 Å². The minimum absolute atomic E-state index is 0.122. The Balaban J connectivity index is 1.51. The summed E-state index contributed by atoms with van der Waals surface area (Å²) in [7, 11) is 1.61. The van der Waals surface area contributed by atoms with Crippen molar-refractivity contribution in [2.45, 2.75) is 51.3 Å². The van der Waals surface area contributed by atoms with Crippen molar-refractivity contribution in [3.8, 4) is 0 Å². The van der Waals surface area contributed by atoms with Crippen molar-refractivity contribution in [1.82, 2.24) is 0 Å². The van der Waals surface area contributed by atoms with Crippen LogP contribution in [0.5, 0.6) is 0 Å². The number of methoxy groups -OCH3 is 1. The molecule has 2 heterocycles. The molecule has 3 rings (SSSR count). The summed E-state index contributed by atoms with van der Waals surface area (Å²) in [6, 6.07) is 10.0. The first kappa shape index (κ1) is 17.4. The Morgan fingerprint density at radius 1 is 1.33 bits per heavy atom. The highest BCUT2D eigenvalue weighted by Crippen LogP contribution is 2.42. The van der Waals surface area contributed by atoms with E-state index in [9.17, 15) is 4.79 Å². The molecular formula is C19H26O5. The molecule has 2 fully saturated rings. The van der Waals surface area contributed by atoms with E-state index < -0.39 is 5.79 Å². The number of hydrogen-bond donors (Lipinski definition) is 0. The van der Waals surface area contributed by atoms with Gasteiger partial charge in [-0.05, 0) is 12.5 Å². The molecule has 0 bridgehead atoms. The second kappa shape index (κ2) is 7.21. The Hall–Kier alpha value is -1.43. The SMILES string of the molecule is CO[C@@]1(C)C[C@H]2C(=O)O[C@@H]([C@@H](C)COCc3ccccc3)C[C@H]2O1. The smallest absolute Gasteiger partial charge is 0.312 e. The van der Waals surface area contributed by atoms with E-state index in [1.165, 1.54) is 0 Å². The Kier molecular flexibility index (Phi) is 5.23. The molecule has 0 spiro atoms. The van der Waals surface area contributed by atoms with Crippen molar-refractivity contribution in [3.05, 3.63) is 35.9 Å². The van der Waals surface area contributed by atoms with Crippen LogP contribution in [-0.2, 0) is 30.3 Å². The van der Waals surface area contributed by atoms with E-state index in [1.807, 2.05) is 44.2 Å². The number of rotatable bonds is 6. The lowest BCUT2D eigenvalue weighted by molar-refractivity contribution is -0.209. The summed E-state index contributed by atoms with van der Waals surface area (Å²) in [6.07, 6.45) is 0.954. The molecule has 5 heteroatoms. The topological polar surface area (TPSA) is 54.0 Å². The van der Waals surface area contributed by atoms with Gasteiger partial charge in [-0.25, -0.2) is 0 Å². The van der Waals surface area contributed by atoms with E-state index in [-0.39, 0.29) is 30.0 Å². The van der Waals surface area contributed by atoms with Gasteiger partial charge in [-0.1, -0.05) is 37.3 Å². The molecule has 1 aromatic carbocycles. The quantitative estimate of drug-likeness (QED) is 0.749. The van der Waals surface area contributed by atoms with Gasteiger partial charge in [0, 0.05) is 25.9 Å². The fourth-order valence-corrected chi connectivity index (χ4v) is 3.47. The first-order chi connectivity index (χ1) is 11.5. The minimum Gasteiger partial charge on any atom is -0.462 e. The number of esters is 1. The number of benzene rings is 1. The molecule has 0 unspecified atom stereocenters. The van der Waals surface area contributed by atoms with Crippen LogP contribution in [0.1, 0.15) is 32.3 Å². The van der Waals surface area contributed by atoms with Gasteiger partial charge < -0.3 is 18.9 Å². The lowest BCUT2D eigenvalue weighted by atomic mass is 9.88. The Morgan fingerprint density at radius 2 is 2.08 bits per heavy atom. The first-order valence-corrected chi connectivity index (χ1v) is 8.56. The summed E-state index contributed by atoms with van der Waals surface area (Å²) in [4.78, 5) is 12.3. The van der Waals surface area contributed by atoms with Crippen molar-refractivity contribution in [2.24, 2.45) is 11.8 Å². The molecule has 0 N–H and O–H groups in total. The molecule has 5 atom stereocenters. The predicted molar refractivity (Wildman–Crippen MR) is 88.2 cm³/mol. The predicted octanol–water partition coefficient (Wildman–Crippen LogP) is 2.92. The maximum Gasteiger partial charge on any atom is 0.312 e. The van der Waals surface area contributed by atoms with E-state index >= 15 is 0 Å². The molecule has 0 aromatic heterocycles. The summed E-state index contributed by atoms with van der Waals surface area (Å²) < 4.78 is 22.8. The zero-order valence-corrected chi connectivity index (χ0v) is 14.6. The van der Waals surface area contributed by atoms with Gasteiger partial charge in [-0.15, -0.1) is 0 Å². The molecule has 5 nitrogen and oxygen atoms in total. The number of fused-ring (bicyclic) bond motifs is 1. The molecule has 2 aliphatic heterocycles. The van der Waals surface area contributed by atoms with Crippen molar-refractivity contribution in [2.75, 3.05) is 13.7 Å². The molecule has 0 aliphatic carbocycles. The third kappa shape index (κ3) is 3.79. The summed E-state index contributed by atoms with van der Waals surface area (Å²) in [6.45, 7) is 5.04. The monoisotopic (exact) mass is 334 g/mol. The lowest BCUT2D eigenvalue weighted by Crippen LogP contribution is -2.42. The van der Waals surface area contributed by atoms with Crippen molar-refractivity contribution < 1.29 is 23.7 Å². The van der Waals surface area contributed by atoms with E-state index in [4.69, 9.17) is 18.9 Å². The Labute approximate surface area is 143 Å². The fraction of sp³-hybridized carbons (Fsp3) is 0.632. The molecule has 1 aromatic rings. The maximum atomic E-state index is 12.3. The van der Waals surface area contributed by atoms with Gasteiger partial charge >= 0.3 is 5.97 Å². The zero-order valence-electron chi connectivity index (χ0n) is 14.6. The number of hydrogen-bond acceptors (Lipinski definition) is 5. The Morgan fingerprint density at radius 3 is 2.79 bits per heavy atom. The third-order valence-electron chi connectivity index (χ3n) is 5.03. The number of carbonyl (C=O) groups is 1. The van der Waals surface area contributed by atoms with Gasteiger partial charge in [-0.2, -0.15) is 0 Å². The minimum atomic E-state index is -0.684. The Bertz CT molecular complexity index is 560. The van der Waals surface area contributed by atoms with Crippen molar-refractivity contribution >= 4 is 5.97 Å². The van der Waals surface area contributed by atoms with Gasteiger partial charge in [0.2, 0.25) is 0 Å². The van der Waals surface area contributed by atoms with Crippen LogP contribution in [0, 0.1) is 11.8 Å². The highest BCUT2D eigenvalue weighted by atomic mass is 16.7. The molecule has 24 heavy (non-hydrogen) atoms. The standard InChI is InChI=1S/C19H26O5/c1-13(11-22-12-14-7-5-4-6-8-14)16-9-17-15(18(20)23-16)10-19(2,21-3)24-17/h4-8,13,15-17H,9-12H2,1-3H3/t13-,15+,16+,17+,19+/m0/s1. The highest BCUT2D eigenvalue weighted by Gasteiger charge is 2.52. The van der Waals surface area contributed by atoms with Gasteiger partial charge in [-0.3, -0.25) is 4.79 Å². The van der Waals surface area contributed by atoms with Crippen LogP contribution in [0.15, 0.2) is 30.3 Å². The third-order valence-corrected chi connectivity index (χ3v) is 5.03. The first-order valence-electron chi connectivity index (χ1n) is 8.56. The highest BCUT2D eigenvalue weighted by molar-refractivity contribution is 5.74. The van der Waals surface area contributed by atoms with Crippen LogP contribution in [0.25, 0.3) is 0 Å². The van der Waals surface area contributed by atoms with Gasteiger partial charge in [0.1, 0.15) is 6.10 Å². The molecule has 2 saturated heterocycles. The van der Waals surface area contributed by atoms with E-state index in [0.717, 1.165) is 5.56 Å². The van der Waals surface area contributed by atoms with Crippen LogP contribution in [0.3, 0.4) is 0 Å². The van der Waals surface area contributed by atoms with E-state index in [2.05, 4.69) is 0 Å². The van der Waals surface area contributed by atoms with Crippen LogP contribution in [0.4, 0.5) is 0 Å². The van der Waals surface area contributed by atoms with E-state index in [0.29, 0.717) is 26.1 Å². The summed E-state index contributed by atoms with van der Waals surface area (Å²) >= 11 is 0. The fourth-order valence-electron chi connectivity index (χ4n) is 3.47. The van der Waals surface area contributed by atoms with Crippen LogP contribution in [0.2, 0.25) is 0 Å². The number of carbonyl (C=O) groups excluding carboxylic acids is 1. The second-order valence-corrected chi connectivity index (χ2v) is 6.99. The summed E-state index contributed by atoms with van der Waals surface area (Å²) in [5.74, 6) is -0.955. The van der Waals surface area contributed by atoms with Gasteiger partial charge in [0.15, 0.2) is 5.79 Å². The van der Waals surface area contributed by atoms with Crippen LogP contribution >= 0.6 is 0 Å². The largest absolute Gasteiger partial charge is 0.462 e. The van der Waals surface area contributed by atoms with E-state index in [1.54, 1.807) is 7.11 Å². The number of ether oxygens (including phenoxy) is 4. The molecule has 0 saturated carbocycles. The van der Waals surface area contributed by atoms with Crippen molar-refractivity contribution in [3.63, 3.8) is 0 Å². The lowest BCUT2D eigenvalue weighted by Gasteiger charge is -2.33. The molecular weight excluding hydrogens is 308 g/mol. The average molecular weight is 334 g/mol. The van der Waals surface area contributed by atoms with Crippen LogP contribution in [-0.4, -0.2) is 37.7 Å². The molecule has 2 aliphatic rings. The zero-order chi connectivity index (χ0) is 17.2. The van der Waals surface area contributed by atoms with Gasteiger partial charge in [0.25, 0.3) is 0 Å². The average Bonchev–Trinajstić information content (AvgIpc) is 2.93.